The van der Waals surface area contributed by atoms with Crippen LogP contribution >= 0.6 is 11.3 Å². The van der Waals surface area contributed by atoms with E-state index in [-0.39, 0.29) is 47.7 Å². The summed E-state index contributed by atoms with van der Waals surface area (Å²) in [6.45, 7) is 9.00. The number of pyridine rings is 1. The van der Waals surface area contributed by atoms with Gasteiger partial charge in [-0.1, -0.05) is 41.7 Å². The van der Waals surface area contributed by atoms with E-state index < -0.39 is 29.3 Å². The number of piperidine rings is 1. The Morgan fingerprint density at radius 1 is 0.950 bits per heavy atom. The summed E-state index contributed by atoms with van der Waals surface area (Å²) >= 11 is 1.38. The number of aromatic nitrogens is 2. The number of carbonyl (C=O) groups is 3. The number of nitrogens with one attached hydrogen (secondary N) is 1. The van der Waals surface area contributed by atoms with Crippen LogP contribution in [0, 0.1) is 5.92 Å². The molecule has 1 saturated heterocycles. The van der Waals surface area contributed by atoms with Gasteiger partial charge < -0.3 is 19.5 Å². The number of thiazole rings is 1. The number of hydrogen-bond donors (Lipinski definition) is 2. The Morgan fingerprint density at radius 2 is 1.70 bits per heavy atom. The first-order valence-electron chi connectivity index (χ1n) is 20.1. The van der Waals surface area contributed by atoms with Crippen LogP contribution in [0.5, 0.6) is 5.75 Å². The minimum Gasteiger partial charge on any atom is -0.491 e. The van der Waals surface area contributed by atoms with E-state index in [0.29, 0.717) is 54.9 Å². The average molecular weight is 844 g/mol. The molecule has 1 atom stereocenters. The second kappa shape index (κ2) is 17.6. The van der Waals surface area contributed by atoms with Gasteiger partial charge in [0.05, 0.1) is 28.4 Å². The average Bonchev–Trinajstić information content (AvgIpc) is 3.61. The van der Waals surface area contributed by atoms with Gasteiger partial charge in [-0.2, -0.15) is 13.2 Å². The molecule has 0 radical (unpaired) electrons. The smallest absolute Gasteiger partial charge is 0.417 e. The van der Waals surface area contributed by atoms with E-state index in [9.17, 15) is 27.6 Å². The van der Waals surface area contributed by atoms with Gasteiger partial charge in [0.2, 0.25) is 0 Å². The van der Waals surface area contributed by atoms with E-state index in [0.717, 1.165) is 46.7 Å². The quantitative estimate of drug-likeness (QED) is 0.117. The molecule has 15 heteroatoms. The van der Waals surface area contributed by atoms with Crippen molar-refractivity contribution in [1.82, 2.24) is 14.9 Å². The lowest BCUT2D eigenvalue weighted by Gasteiger charge is -2.31. The van der Waals surface area contributed by atoms with Gasteiger partial charge >= 0.3 is 18.1 Å². The molecule has 0 aliphatic carbocycles. The molecule has 0 saturated carbocycles. The van der Waals surface area contributed by atoms with Crippen molar-refractivity contribution >= 4 is 50.3 Å². The first kappa shape index (κ1) is 42.6. The molecule has 2 aromatic heterocycles. The Labute approximate surface area is 350 Å². The van der Waals surface area contributed by atoms with Crippen molar-refractivity contribution in [2.24, 2.45) is 5.92 Å². The lowest BCUT2D eigenvalue weighted by atomic mass is 9.91. The molecular formula is C45H48F3N5O6S. The molecule has 4 heterocycles. The van der Waals surface area contributed by atoms with E-state index in [2.05, 4.69) is 15.3 Å². The van der Waals surface area contributed by atoms with Gasteiger partial charge in [-0.3, -0.25) is 19.8 Å². The Kier molecular flexibility index (Phi) is 12.5. The van der Waals surface area contributed by atoms with Gasteiger partial charge in [-0.25, -0.2) is 14.8 Å². The second-order valence-electron chi connectivity index (χ2n) is 16.4. The Morgan fingerprint density at radius 3 is 2.42 bits per heavy atom. The molecule has 0 spiro atoms. The highest BCUT2D eigenvalue weighted by molar-refractivity contribution is 7.22. The fourth-order valence-electron chi connectivity index (χ4n) is 7.86. The van der Waals surface area contributed by atoms with Crippen molar-refractivity contribution in [3.63, 3.8) is 0 Å². The van der Waals surface area contributed by atoms with Gasteiger partial charge in [0.1, 0.15) is 17.2 Å². The summed E-state index contributed by atoms with van der Waals surface area (Å²) < 4.78 is 57.3. The number of alkyl halides is 3. The number of benzene rings is 3. The molecule has 2 aliphatic rings. The summed E-state index contributed by atoms with van der Waals surface area (Å²) in [5, 5.41) is 12.5. The zero-order valence-electron chi connectivity index (χ0n) is 34.0. The first-order chi connectivity index (χ1) is 28.5. The highest BCUT2D eigenvalue weighted by atomic mass is 32.1. The zero-order chi connectivity index (χ0) is 42.8. The lowest BCUT2D eigenvalue weighted by Crippen LogP contribution is -2.37. The van der Waals surface area contributed by atoms with Gasteiger partial charge in [-0.05, 0) is 138 Å². The maximum Gasteiger partial charge on any atom is 0.417 e. The molecule has 2 N–H and O–H groups in total. The van der Waals surface area contributed by atoms with Crippen molar-refractivity contribution in [1.29, 1.82) is 0 Å². The second-order valence-corrected chi connectivity index (χ2v) is 17.5. The van der Waals surface area contributed by atoms with E-state index in [1.165, 1.54) is 29.5 Å². The third-order valence-corrected chi connectivity index (χ3v) is 11.8. The van der Waals surface area contributed by atoms with Crippen LogP contribution in [-0.2, 0) is 28.7 Å². The van der Waals surface area contributed by atoms with Crippen molar-refractivity contribution < 1.29 is 42.1 Å². The van der Waals surface area contributed by atoms with Crippen molar-refractivity contribution in [3.8, 4) is 16.9 Å². The number of hydrogen-bond acceptors (Lipinski definition) is 10. The van der Waals surface area contributed by atoms with Crippen LogP contribution in [0.4, 0.5) is 24.1 Å². The molecule has 0 bridgehead atoms. The molecule has 316 valence electrons. The summed E-state index contributed by atoms with van der Waals surface area (Å²) in [5.41, 5.74) is 0.518. The SMILES string of the molecule is C[C@@H](CCC1CCN(CC(=O)O)CC1)Oc1ccc(-c2ccc(N3CCc4cccc(C(=O)Nc5nc6ccccc6s5)c4C3)nc2C(=O)OC(C)(C)C)c(C(F)(F)F)c1. The number of carbonyl (C=O) groups excluding carboxylic acids is 2. The predicted molar refractivity (Wildman–Crippen MR) is 225 cm³/mol. The number of fused-ring (bicyclic) bond motifs is 2. The van der Waals surface area contributed by atoms with E-state index >= 15 is 0 Å². The fraction of sp³-hybridized carbons (Fsp3) is 0.400. The Balaban J connectivity index is 1.12. The summed E-state index contributed by atoms with van der Waals surface area (Å²) in [5.74, 6) is -1.26. The number of carboxylic acids is 1. The van der Waals surface area contributed by atoms with E-state index in [4.69, 9.17) is 14.6 Å². The summed E-state index contributed by atoms with van der Waals surface area (Å²) in [7, 11) is 0. The monoisotopic (exact) mass is 843 g/mol. The summed E-state index contributed by atoms with van der Waals surface area (Å²) in [4.78, 5) is 51.6. The maximum absolute atomic E-state index is 14.9. The Hall–Kier alpha value is -5.54. The summed E-state index contributed by atoms with van der Waals surface area (Å²) in [6.07, 6.45) is -1.47. The van der Waals surface area contributed by atoms with Crippen LogP contribution in [0.25, 0.3) is 21.3 Å². The van der Waals surface area contributed by atoms with Crippen molar-refractivity contribution in [2.75, 3.05) is 36.4 Å². The molecule has 11 nitrogen and oxygen atoms in total. The normalized spacial score (nSPS) is 15.7. The molecule has 0 unspecified atom stereocenters. The number of para-hydroxylation sites is 1. The molecule has 60 heavy (non-hydrogen) atoms. The van der Waals surface area contributed by atoms with E-state index in [1.54, 1.807) is 32.9 Å². The van der Waals surface area contributed by atoms with Crippen LogP contribution in [0.2, 0.25) is 0 Å². The number of esters is 1. The molecule has 1 amide bonds. The highest BCUT2D eigenvalue weighted by Gasteiger charge is 2.37. The standard InChI is InChI=1S/C45H48F3N5O6S/c1-27(12-13-28-18-21-52(22-19-28)26-39(54)55)58-30-14-15-31(35(24-30)45(46,47)48)32-16-17-38(50-40(32)42(57)59-44(2,3)4)53-23-20-29-8-7-9-33(34(29)25-53)41(56)51-43-49-36-10-5-6-11-37(36)60-43/h5-11,14-17,24,27-28H,12-13,18-23,25-26H2,1-4H3,(H,54,55)(H,49,51,56)/t27-/m0/s1. The van der Waals surface area contributed by atoms with Gasteiger partial charge in [0.15, 0.2) is 10.8 Å². The van der Waals surface area contributed by atoms with Gasteiger partial charge in [0.25, 0.3) is 5.91 Å². The fourth-order valence-corrected chi connectivity index (χ4v) is 8.72. The van der Waals surface area contributed by atoms with Crippen LogP contribution < -0.4 is 15.0 Å². The number of amides is 1. The molecule has 5 aromatic rings. The molecule has 3 aromatic carbocycles. The van der Waals surface area contributed by atoms with Gasteiger partial charge in [-0.15, -0.1) is 0 Å². The molecule has 2 aliphatic heterocycles. The number of aliphatic carboxylic acids is 1. The number of halogens is 3. The zero-order valence-corrected chi connectivity index (χ0v) is 34.8. The number of anilines is 2. The third-order valence-electron chi connectivity index (χ3n) is 10.8. The minimum absolute atomic E-state index is 0.0202. The van der Waals surface area contributed by atoms with Crippen molar-refractivity contribution in [2.45, 2.75) is 84.2 Å². The highest BCUT2D eigenvalue weighted by Crippen LogP contribution is 2.41. The van der Waals surface area contributed by atoms with Gasteiger partial charge in [0, 0.05) is 24.2 Å². The summed E-state index contributed by atoms with van der Waals surface area (Å²) in [6, 6.07) is 20.0. The first-order valence-corrected chi connectivity index (χ1v) is 20.9. The topological polar surface area (TPSA) is 134 Å². The van der Waals surface area contributed by atoms with Crippen LogP contribution in [-0.4, -0.2) is 75.7 Å². The number of likely N-dealkylation sites (tertiary alicyclic amines) is 1. The number of nitrogens with zero attached hydrogens (tertiary/aromatic N) is 4. The molecule has 7 rings (SSSR count). The lowest BCUT2D eigenvalue weighted by molar-refractivity contribution is -0.139. The number of ether oxygens (including phenoxy) is 2. The van der Waals surface area contributed by atoms with Crippen LogP contribution in [0.3, 0.4) is 0 Å². The van der Waals surface area contributed by atoms with Crippen molar-refractivity contribution in [3.05, 3.63) is 101 Å². The molecule has 1 fully saturated rings. The molecular weight excluding hydrogens is 796 g/mol. The van der Waals surface area contributed by atoms with E-state index in [1.807, 2.05) is 53.1 Å². The number of rotatable bonds is 12. The maximum atomic E-state index is 14.9. The minimum atomic E-state index is -4.80. The number of carboxylic acid groups (broad SMARTS) is 1. The largest absolute Gasteiger partial charge is 0.491 e. The van der Waals surface area contributed by atoms with Crippen LogP contribution in [0.15, 0.2) is 72.8 Å². The Bertz CT molecular complexity index is 2350. The predicted octanol–water partition coefficient (Wildman–Crippen LogP) is 9.49. The third kappa shape index (κ3) is 10.2. The van der Waals surface area contributed by atoms with Crippen LogP contribution in [0.1, 0.15) is 90.9 Å².